The predicted molar refractivity (Wildman–Crippen MR) is 87.9 cm³/mol. The number of nitrogens with one attached hydrogen (secondary N) is 1. The maximum Gasteiger partial charge on any atom is 0.234 e. The van der Waals surface area contributed by atoms with Gasteiger partial charge in [-0.2, -0.15) is 0 Å². The lowest BCUT2D eigenvalue weighted by molar-refractivity contribution is -0.113. The van der Waals surface area contributed by atoms with Gasteiger partial charge in [0.25, 0.3) is 0 Å². The average Bonchev–Trinajstić information content (AvgIpc) is 2.49. The van der Waals surface area contributed by atoms with E-state index < -0.39 is 0 Å². The van der Waals surface area contributed by atoms with Crippen LogP contribution < -0.4 is 15.8 Å². The molecule has 0 unspecified atom stereocenters. The number of aryl methyl sites for hydroxylation is 1. The van der Waals surface area contributed by atoms with Crippen molar-refractivity contribution in [3.63, 3.8) is 0 Å². The average molecular weight is 302 g/mol. The first kappa shape index (κ1) is 15.3. The highest BCUT2D eigenvalue weighted by atomic mass is 32.2. The number of hydrogen-bond acceptors (Lipinski definition) is 4. The van der Waals surface area contributed by atoms with Crippen LogP contribution in [0, 0.1) is 6.92 Å². The molecule has 2 rings (SSSR count). The van der Waals surface area contributed by atoms with Gasteiger partial charge in [0.05, 0.1) is 18.6 Å². The Hall–Kier alpha value is -2.14. The van der Waals surface area contributed by atoms with Crippen molar-refractivity contribution in [1.29, 1.82) is 0 Å². The number of nitrogens with two attached hydrogens (primary N) is 1. The van der Waals surface area contributed by atoms with Crippen LogP contribution in [0.1, 0.15) is 5.56 Å². The van der Waals surface area contributed by atoms with Crippen molar-refractivity contribution in [2.45, 2.75) is 11.8 Å². The molecule has 0 spiro atoms. The van der Waals surface area contributed by atoms with Crippen molar-refractivity contribution in [3.8, 4) is 5.75 Å². The molecule has 3 N–H and O–H groups in total. The summed E-state index contributed by atoms with van der Waals surface area (Å²) in [6.07, 6.45) is 0. The highest BCUT2D eigenvalue weighted by molar-refractivity contribution is 8.00. The standard InChI is InChI=1S/C16H18N2O2S/c1-11-6-5-9-14(16(11)17)21-10-15(19)18-12-7-3-4-8-13(12)20-2/h3-9H,10,17H2,1-2H3,(H,18,19). The van der Waals surface area contributed by atoms with Crippen molar-refractivity contribution >= 4 is 29.0 Å². The van der Waals surface area contributed by atoms with Gasteiger partial charge < -0.3 is 15.8 Å². The van der Waals surface area contributed by atoms with Crippen LogP contribution in [0.15, 0.2) is 47.4 Å². The van der Waals surface area contributed by atoms with E-state index in [0.29, 0.717) is 17.2 Å². The Bertz CT molecular complexity index is 644. The first-order chi connectivity index (χ1) is 10.1. The molecule has 0 saturated carbocycles. The van der Waals surface area contributed by atoms with Crippen molar-refractivity contribution in [1.82, 2.24) is 0 Å². The molecule has 0 atom stereocenters. The SMILES string of the molecule is COc1ccccc1NC(=O)CSc1cccc(C)c1N. The third-order valence-corrected chi connectivity index (χ3v) is 4.10. The minimum Gasteiger partial charge on any atom is -0.495 e. The first-order valence-corrected chi connectivity index (χ1v) is 7.51. The van der Waals surface area contributed by atoms with Gasteiger partial charge in [-0.05, 0) is 30.7 Å². The summed E-state index contributed by atoms with van der Waals surface area (Å²) in [4.78, 5) is 12.9. The maximum absolute atomic E-state index is 12.0. The molecule has 0 fully saturated rings. The summed E-state index contributed by atoms with van der Waals surface area (Å²) in [6.45, 7) is 1.95. The van der Waals surface area contributed by atoms with Gasteiger partial charge in [-0.15, -0.1) is 11.8 Å². The number of methoxy groups -OCH3 is 1. The van der Waals surface area contributed by atoms with Crippen molar-refractivity contribution < 1.29 is 9.53 Å². The van der Waals surface area contributed by atoms with E-state index in [9.17, 15) is 4.79 Å². The molecule has 0 aliphatic rings. The number of amides is 1. The molecule has 2 aromatic rings. The summed E-state index contributed by atoms with van der Waals surface area (Å²) in [5.74, 6) is 0.849. The number of carbonyl (C=O) groups is 1. The van der Waals surface area contributed by atoms with E-state index in [0.717, 1.165) is 16.1 Å². The number of anilines is 2. The molecule has 0 radical (unpaired) electrons. The van der Waals surface area contributed by atoms with Gasteiger partial charge in [-0.3, -0.25) is 4.79 Å². The first-order valence-electron chi connectivity index (χ1n) is 6.52. The van der Waals surface area contributed by atoms with E-state index in [4.69, 9.17) is 10.5 Å². The van der Waals surface area contributed by atoms with E-state index in [1.165, 1.54) is 11.8 Å². The van der Waals surface area contributed by atoms with Crippen molar-refractivity contribution in [3.05, 3.63) is 48.0 Å². The molecule has 21 heavy (non-hydrogen) atoms. The third kappa shape index (κ3) is 3.92. The van der Waals surface area contributed by atoms with E-state index in [2.05, 4.69) is 5.32 Å². The zero-order valence-corrected chi connectivity index (χ0v) is 12.9. The Balaban J connectivity index is 1.98. The van der Waals surface area contributed by atoms with E-state index >= 15 is 0 Å². The Morgan fingerprint density at radius 3 is 2.76 bits per heavy atom. The number of benzene rings is 2. The summed E-state index contributed by atoms with van der Waals surface area (Å²) in [7, 11) is 1.58. The number of thioether (sulfide) groups is 1. The smallest absolute Gasteiger partial charge is 0.234 e. The van der Waals surface area contributed by atoms with Crippen LogP contribution in [-0.4, -0.2) is 18.8 Å². The van der Waals surface area contributed by atoms with Crippen molar-refractivity contribution in [2.24, 2.45) is 0 Å². The Morgan fingerprint density at radius 2 is 2.00 bits per heavy atom. The molecule has 2 aromatic carbocycles. The normalized spacial score (nSPS) is 10.2. The van der Waals surface area contributed by atoms with E-state index in [-0.39, 0.29) is 5.91 Å². The molecule has 4 nitrogen and oxygen atoms in total. The zero-order valence-electron chi connectivity index (χ0n) is 12.1. The maximum atomic E-state index is 12.0. The summed E-state index contributed by atoms with van der Waals surface area (Å²) in [5.41, 5.74) is 8.41. The number of hydrogen-bond donors (Lipinski definition) is 2. The number of rotatable bonds is 5. The Kier molecular flexibility index (Phi) is 5.11. The van der Waals surface area contributed by atoms with Crippen LogP contribution >= 0.6 is 11.8 Å². The molecule has 0 bridgehead atoms. The Labute approximate surface area is 128 Å². The molecule has 0 heterocycles. The van der Waals surface area contributed by atoms with E-state index in [1.807, 2.05) is 43.3 Å². The van der Waals surface area contributed by atoms with Gasteiger partial charge in [-0.1, -0.05) is 24.3 Å². The molecule has 0 aliphatic heterocycles. The number of ether oxygens (including phenoxy) is 1. The molecule has 5 heteroatoms. The second-order valence-electron chi connectivity index (χ2n) is 4.52. The van der Waals surface area contributed by atoms with Crippen LogP contribution in [0.4, 0.5) is 11.4 Å². The van der Waals surface area contributed by atoms with Crippen LogP contribution in [0.5, 0.6) is 5.75 Å². The lowest BCUT2D eigenvalue weighted by Gasteiger charge is -2.10. The second-order valence-corrected chi connectivity index (χ2v) is 5.54. The second kappa shape index (κ2) is 7.04. The summed E-state index contributed by atoms with van der Waals surface area (Å²) < 4.78 is 5.20. The van der Waals surface area contributed by atoms with Crippen LogP contribution in [0.3, 0.4) is 0 Å². The predicted octanol–water partition coefficient (Wildman–Crippen LogP) is 3.32. The van der Waals surface area contributed by atoms with Gasteiger partial charge in [0.2, 0.25) is 5.91 Å². The quantitative estimate of drug-likeness (QED) is 0.657. The molecule has 0 aromatic heterocycles. The summed E-state index contributed by atoms with van der Waals surface area (Å²) in [5, 5.41) is 2.84. The lowest BCUT2D eigenvalue weighted by atomic mass is 10.2. The molecule has 0 aliphatic carbocycles. The zero-order chi connectivity index (χ0) is 15.2. The van der Waals surface area contributed by atoms with Crippen LogP contribution in [-0.2, 0) is 4.79 Å². The van der Waals surface area contributed by atoms with Gasteiger partial charge in [0.15, 0.2) is 0 Å². The van der Waals surface area contributed by atoms with Gasteiger partial charge >= 0.3 is 0 Å². The van der Waals surface area contributed by atoms with Gasteiger partial charge in [0, 0.05) is 10.6 Å². The summed E-state index contributed by atoms with van der Waals surface area (Å²) in [6, 6.07) is 13.1. The summed E-state index contributed by atoms with van der Waals surface area (Å²) >= 11 is 1.42. The Morgan fingerprint density at radius 1 is 1.24 bits per heavy atom. The van der Waals surface area contributed by atoms with Gasteiger partial charge in [0.1, 0.15) is 5.75 Å². The monoisotopic (exact) mass is 302 g/mol. The molecule has 110 valence electrons. The van der Waals surface area contributed by atoms with E-state index in [1.54, 1.807) is 13.2 Å². The number of nitrogen functional groups attached to an aromatic ring is 1. The fourth-order valence-electron chi connectivity index (χ4n) is 1.86. The fraction of sp³-hybridized carbons (Fsp3) is 0.188. The highest BCUT2D eigenvalue weighted by Crippen LogP contribution is 2.28. The number of para-hydroxylation sites is 3. The largest absolute Gasteiger partial charge is 0.495 e. The van der Waals surface area contributed by atoms with Gasteiger partial charge in [-0.25, -0.2) is 0 Å². The minimum absolute atomic E-state index is 0.0922. The number of carbonyl (C=O) groups excluding carboxylic acids is 1. The van der Waals surface area contributed by atoms with Crippen LogP contribution in [0.2, 0.25) is 0 Å². The molecule has 1 amide bonds. The fourth-order valence-corrected chi connectivity index (χ4v) is 2.71. The van der Waals surface area contributed by atoms with Crippen molar-refractivity contribution in [2.75, 3.05) is 23.9 Å². The molecular formula is C16H18N2O2S. The highest BCUT2D eigenvalue weighted by Gasteiger charge is 2.09. The topological polar surface area (TPSA) is 64.3 Å². The molecular weight excluding hydrogens is 284 g/mol. The molecule has 0 saturated heterocycles. The third-order valence-electron chi connectivity index (χ3n) is 3.02. The minimum atomic E-state index is -0.0922. The lowest BCUT2D eigenvalue weighted by Crippen LogP contribution is -2.14. The van der Waals surface area contributed by atoms with Crippen LogP contribution in [0.25, 0.3) is 0 Å².